The molecule has 0 aliphatic carbocycles. The average Bonchev–Trinajstić information content (AvgIpc) is 3.40. The van der Waals surface area contributed by atoms with Crippen LogP contribution in [0.15, 0.2) is 97.2 Å². The summed E-state index contributed by atoms with van der Waals surface area (Å²) in [4.78, 5) is 38.3. The van der Waals surface area contributed by atoms with E-state index in [2.05, 4.69) is 118 Å². The van der Waals surface area contributed by atoms with E-state index in [0.717, 1.165) is 116 Å². The Bertz CT molecular complexity index is 1460. The summed E-state index contributed by atoms with van der Waals surface area (Å²) in [5.74, 6) is -0.918. The highest BCUT2D eigenvalue weighted by Crippen LogP contribution is 2.15. The third-order valence-electron chi connectivity index (χ3n) is 13.3. The molecule has 0 amide bonds. The van der Waals surface area contributed by atoms with Crippen LogP contribution in [0.25, 0.3) is 0 Å². The number of hydrogen-bond donors (Lipinski definition) is 0. The number of carbonyl (C=O) groups is 3. The molecule has 0 saturated heterocycles. The normalized spacial score (nSPS) is 12.7. The third-order valence-corrected chi connectivity index (χ3v) is 13.3. The number of allylic oxidation sites excluding steroid dienone is 16. The maximum absolute atomic E-state index is 12.9. The molecule has 424 valence electrons. The molecule has 0 aromatic carbocycles. The predicted octanol–water partition coefficient (Wildman–Crippen LogP) is 21.3. The molecule has 0 radical (unpaired) electrons. The molecule has 1 unspecified atom stereocenters. The Hall–Kier alpha value is -3.67. The summed E-state index contributed by atoms with van der Waals surface area (Å²) in [7, 11) is 0. The fourth-order valence-electron chi connectivity index (χ4n) is 8.61. The van der Waals surface area contributed by atoms with Gasteiger partial charge in [0.05, 0.1) is 0 Å². The Morgan fingerprint density at radius 3 is 0.838 bits per heavy atom. The highest BCUT2D eigenvalue weighted by Gasteiger charge is 2.19. The Balaban J connectivity index is 4.42. The fourth-order valence-corrected chi connectivity index (χ4v) is 8.61. The molecule has 0 bridgehead atoms. The van der Waals surface area contributed by atoms with Gasteiger partial charge in [0, 0.05) is 19.3 Å². The van der Waals surface area contributed by atoms with Gasteiger partial charge in [0.2, 0.25) is 0 Å². The predicted molar refractivity (Wildman–Crippen MR) is 320 cm³/mol. The van der Waals surface area contributed by atoms with Crippen LogP contribution in [0.2, 0.25) is 0 Å². The van der Waals surface area contributed by atoms with Gasteiger partial charge in [-0.05, 0) is 122 Å². The second-order valence-electron chi connectivity index (χ2n) is 20.6. The van der Waals surface area contributed by atoms with Gasteiger partial charge in [-0.3, -0.25) is 14.4 Å². The first-order valence-corrected chi connectivity index (χ1v) is 31.2. The van der Waals surface area contributed by atoms with E-state index in [1.165, 1.54) is 141 Å². The first-order valence-electron chi connectivity index (χ1n) is 31.2. The lowest BCUT2D eigenvalue weighted by Crippen LogP contribution is -2.30. The lowest BCUT2D eigenvalue weighted by molar-refractivity contribution is -0.167. The molecule has 74 heavy (non-hydrogen) atoms. The quantitative estimate of drug-likeness (QED) is 0.0261. The Morgan fingerprint density at radius 2 is 0.527 bits per heavy atom. The van der Waals surface area contributed by atoms with E-state index in [1.807, 2.05) is 0 Å². The van der Waals surface area contributed by atoms with Crippen molar-refractivity contribution in [3.63, 3.8) is 0 Å². The third kappa shape index (κ3) is 59.2. The van der Waals surface area contributed by atoms with Gasteiger partial charge in [-0.15, -0.1) is 0 Å². The molecule has 1 atom stereocenters. The second kappa shape index (κ2) is 61.9. The molecule has 0 saturated carbocycles. The zero-order chi connectivity index (χ0) is 53.6. The molecular formula is C68H116O6. The maximum atomic E-state index is 12.9. The van der Waals surface area contributed by atoms with Crippen LogP contribution in [-0.2, 0) is 28.6 Å². The van der Waals surface area contributed by atoms with Crippen LogP contribution in [0.4, 0.5) is 0 Å². The van der Waals surface area contributed by atoms with Crippen LogP contribution < -0.4 is 0 Å². The van der Waals surface area contributed by atoms with Gasteiger partial charge >= 0.3 is 17.9 Å². The number of unbranched alkanes of at least 4 members (excludes halogenated alkanes) is 29. The van der Waals surface area contributed by atoms with E-state index < -0.39 is 6.10 Å². The lowest BCUT2D eigenvalue weighted by atomic mass is 10.1. The van der Waals surface area contributed by atoms with Crippen LogP contribution in [0.3, 0.4) is 0 Å². The summed E-state index contributed by atoms with van der Waals surface area (Å²) in [5.41, 5.74) is 0. The molecule has 0 aromatic heterocycles. The van der Waals surface area contributed by atoms with Gasteiger partial charge in [0.1, 0.15) is 13.2 Å². The topological polar surface area (TPSA) is 78.9 Å². The Morgan fingerprint density at radius 1 is 0.284 bits per heavy atom. The van der Waals surface area contributed by atoms with Crippen molar-refractivity contribution in [1.82, 2.24) is 0 Å². The first kappa shape index (κ1) is 70.3. The molecule has 0 heterocycles. The van der Waals surface area contributed by atoms with E-state index in [4.69, 9.17) is 14.2 Å². The van der Waals surface area contributed by atoms with Crippen LogP contribution in [0.5, 0.6) is 0 Å². The SMILES string of the molecule is CC/C=C\C/C=C\C/C=C\C/C=C\C/C=C\C/C=C\CCCCCCC(=O)OCC(COC(=O)CCCCCCC/C=C\CCCCCCC)OC(=O)CCCCCCCCCCC/C=C\CCCCCCCC. The van der Waals surface area contributed by atoms with Gasteiger partial charge in [0.25, 0.3) is 0 Å². The van der Waals surface area contributed by atoms with Crippen molar-refractivity contribution in [1.29, 1.82) is 0 Å². The smallest absolute Gasteiger partial charge is 0.306 e. The van der Waals surface area contributed by atoms with E-state index in [1.54, 1.807) is 0 Å². The van der Waals surface area contributed by atoms with Gasteiger partial charge in [-0.2, -0.15) is 0 Å². The number of carbonyl (C=O) groups excluding carboxylic acids is 3. The minimum atomic E-state index is -0.794. The number of rotatable bonds is 56. The van der Waals surface area contributed by atoms with E-state index >= 15 is 0 Å². The minimum Gasteiger partial charge on any atom is -0.462 e. The van der Waals surface area contributed by atoms with Crippen molar-refractivity contribution >= 4 is 17.9 Å². The van der Waals surface area contributed by atoms with Crippen molar-refractivity contribution in [2.75, 3.05) is 13.2 Å². The van der Waals surface area contributed by atoms with Gasteiger partial charge in [-0.1, -0.05) is 253 Å². The van der Waals surface area contributed by atoms with Crippen LogP contribution in [0.1, 0.15) is 297 Å². The molecule has 6 nitrogen and oxygen atoms in total. The fraction of sp³-hybridized carbons (Fsp3) is 0.721. The van der Waals surface area contributed by atoms with Crippen LogP contribution in [-0.4, -0.2) is 37.2 Å². The molecule has 0 aromatic rings. The number of esters is 3. The van der Waals surface area contributed by atoms with Crippen molar-refractivity contribution in [3.8, 4) is 0 Å². The number of hydrogen-bond acceptors (Lipinski definition) is 6. The van der Waals surface area contributed by atoms with E-state index in [9.17, 15) is 14.4 Å². The molecule has 0 fully saturated rings. The molecule has 0 spiro atoms. The van der Waals surface area contributed by atoms with Crippen molar-refractivity contribution in [3.05, 3.63) is 97.2 Å². The molecule has 0 N–H and O–H groups in total. The highest BCUT2D eigenvalue weighted by atomic mass is 16.6. The van der Waals surface area contributed by atoms with Crippen molar-refractivity contribution in [2.45, 2.75) is 303 Å². The zero-order valence-electron chi connectivity index (χ0n) is 48.6. The average molecular weight is 1030 g/mol. The molecule has 0 rings (SSSR count). The summed E-state index contributed by atoms with van der Waals surface area (Å²) in [6.07, 6.45) is 82.6. The summed E-state index contributed by atoms with van der Waals surface area (Å²) < 4.78 is 16.9. The Kier molecular flexibility index (Phi) is 58.8. The van der Waals surface area contributed by atoms with E-state index in [0.29, 0.717) is 19.3 Å². The number of ether oxygens (including phenoxy) is 3. The minimum absolute atomic E-state index is 0.0904. The zero-order valence-corrected chi connectivity index (χ0v) is 48.6. The molecule has 0 aliphatic rings. The highest BCUT2D eigenvalue weighted by molar-refractivity contribution is 5.71. The summed E-state index contributed by atoms with van der Waals surface area (Å²) in [6.45, 7) is 6.50. The molecular weight excluding hydrogens is 913 g/mol. The summed E-state index contributed by atoms with van der Waals surface area (Å²) in [6, 6.07) is 0. The van der Waals surface area contributed by atoms with Crippen LogP contribution in [0, 0.1) is 0 Å². The first-order chi connectivity index (χ1) is 36.5. The maximum Gasteiger partial charge on any atom is 0.306 e. The van der Waals surface area contributed by atoms with Gasteiger partial charge < -0.3 is 14.2 Å². The summed E-state index contributed by atoms with van der Waals surface area (Å²) >= 11 is 0. The van der Waals surface area contributed by atoms with Gasteiger partial charge in [0.15, 0.2) is 6.10 Å². The second-order valence-corrected chi connectivity index (χ2v) is 20.6. The lowest BCUT2D eigenvalue weighted by Gasteiger charge is -2.18. The standard InChI is InChI=1S/C68H116O6/c1-4-7-10-13-16-19-22-25-28-30-32-33-34-35-37-38-40-43-46-49-52-55-58-61-67(70)73-64-65(63-72-66(69)60-57-54-51-48-45-42-27-24-21-18-15-12-9-6-3)74-68(71)62-59-56-53-50-47-44-41-39-36-31-29-26-23-20-17-14-11-8-5-2/h7,10,16,19,24-29,32-33,35,37,40,43,65H,4-6,8-9,11-15,17-18,20-23,30-31,34,36,38-39,41-42,44-64H2,1-3H3/b10-7-,19-16-,27-24-,28-25-,29-26-,33-32-,37-35-,43-40-. The van der Waals surface area contributed by atoms with Gasteiger partial charge in [-0.25, -0.2) is 0 Å². The van der Waals surface area contributed by atoms with Crippen molar-refractivity contribution < 1.29 is 28.6 Å². The monoisotopic (exact) mass is 1030 g/mol. The molecule has 0 aliphatic heterocycles. The van der Waals surface area contributed by atoms with Crippen molar-refractivity contribution in [2.24, 2.45) is 0 Å². The molecule has 6 heteroatoms. The van der Waals surface area contributed by atoms with E-state index in [-0.39, 0.29) is 31.1 Å². The largest absolute Gasteiger partial charge is 0.462 e. The summed E-state index contributed by atoms with van der Waals surface area (Å²) in [5, 5.41) is 0. The van der Waals surface area contributed by atoms with Crippen LogP contribution >= 0.6 is 0 Å². The Labute approximate surface area is 457 Å².